The Bertz CT molecular complexity index is 752. The first-order chi connectivity index (χ1) is 10.1. The van der Waals surface area contributed by atoms with E-state index in [1.54, 1.807) is 18.3 Å². The molecule has 6 nitrogen and oxygen atoms in total. The first-order valence-corrected chi connectivity index (χ1v) is 8.37. The predicted molar refractivity (Wildman–Crippen MR) is 80.7 cm³/mol. The van der Waals surface area contributed by atoms with Crippen LogP contribution >= 0.6 is 0 Å². The van der Waals surface area contributed by atoms with Gasteiger partial charge in [0.15, 0.2) is 0 Å². The van der Waals surface area contributed by atoms with Crippen LogP contribution in [0.3, 0.4) is 0 Å². The van der Waals surface area contributed by atoms with Crippen LogP contribution in [0.5, 0.6) is 0 Å². The van der Waals surface area contributed by atoms with Crippen molar-refractivity contribution in [2.45, 2.75) is 17.7 Å². The van der Waals surface area contributed by atoms with Gasteiger partial charge in [0, 0.05) is 44.6 Å². The number of nitrogens with one attached hydrogen (secondary N) is 2. The Morgan fingerprint density at radius 3 is 3.05 bits per heavy atom. The quantitative estimate of drug-likeness (QED) is 0.861. The van der Waals surface area contributed by atoms with Gasteiger partial charge < -0.3 is 9.88 Å². The molecule has 7 heteroatoms. The Hall–Kier alpha value is -1.86. The van der Waals surface area contributed by atoms with Crippen LogP contribution < -0.4 is 10.0 Å². The Morgan fingerprint density at radius 1 is 1.43 bits per heavy atom. The minimum Gasteiger partial charge on any atom is -0.384 e. The molecule has 2 aromatic rings. The molecule has 0 saturated carbocycles. The van der Waals surface area contributed by atoms with Gasteiger partial charge in [-0.15, -0.1) is 0 Å². The monoisotopic (exact) mass is 306 g/mol. The van der Waals surface area contributed by atoms with Crippen molar-refractivity contribution in [1.29, 1.82) is 0 Å². The van der Waals surface area contributed by atoms with E-state index < -0.39 is 10.0 Å². The SMILES string of the molecule is Cn1ccnc1CCNS(=O)(=O)c1ccc2c(c1)NCC2. The second kappa shape index (κ2) is 5.50. The van der Waals surface area contributed by atoms with Crippen molar-refractivity contribution < 1.29 is 8.42 Å². The van der Waals surface area contributed by atoms with E-state index in [1.165, 1.54) is 5.56 Å². The standard InChI is InChI=1S/C14H18N4O2S/c1-18-9-8-16-14(18)5-7-17-21(19,20)12-3-2-11-4-6-15-13(11)10-12/h2-3,8-10,15,17H,4-7H2,1H3. The fourth-order valence-electron chi connectivity index (χ4n) is 2.46. The summed E-state index contributed by atoms with van der Waals surface area (Å²) in [6, 6.07) is 5.24. The smallest absolute Gasteiger partial charge is 0.240 e. The molecule has 0 radical (unpaired) electrons. The summed E-state index contributed by atoms with van der Waals surface area (Å²) in [4.78, 5) is 4.47. The van der Waals surface area contributed by atoms with Crippen LogP contribution in [-0.4, -0.2) is 31.1 Å². The zero-order valence-electron chi connectivity index (χ0n) is 11.8. The van der Waals surface area contributed by atoms with Gasteiger partial charge in [-0.2, -0.15) is 0 Å². The van der Waals surface area contributed by atoms with Crippen LogP contribution in [0.15, 0.2) is 35.5 Å². The number of rotatable bonds is 5. The average molecular weight is 306 g/mol. The van der Waals surface area contributed by atoms with Crippen molar-refractivity contribution >= 4 is 15.7 Å². The van der Waals surface area contributed by atoms with Crippen molar-refractivity contribution in [3.63, 3.8) is 0 Å². The molecule has 0 aliphatic carbocycles. The van der Waals surface area contributed by atoms with Gasteiger partial charge in [-0.25, -0.2) is 18.1 Å². The molecule has 0 unspecified atom stereocenters. The Morgan fingerprint density at radius 2 is 2.29 bits per heavy atom. The summed E-state index contributed by atoms with van der Waals surface area (Å²) in [5, 5.41) is 3.19. The number of aromatic nitrogens is 2. The lowest BCUT2D eigenvalue weighted by atomic mass is 10.2. The molecule has 112 valence electrons. The fraction of sp³-hybridized carbons (Fsp3) is 0.357. The zero-order chi connectivity index (χ0) is 14.9. The van der Waals surface area contributed by atoms with E-state index in [9.17, 15) is 8.42 Å². The van der Waals surface area contributed by atoms with Crippen LogP contribution in [0, 0.1) is 0 Å². The van der Waals surface area contributed by atoms with Crippen molar-refractivity contribution in [3.05, 3.63) is 42.0 Å². The van der Waals surface area contributed by atoms with Crippen LogP contribution in [0.4, 0.5) is 5.69 Å². The lowest BCUT2D eigenvalue weighted by Crippen LogP contribution is -2.26. The van der Waals surface area contributed by atoms with E-state index in [4.69, 9.17) is 0 Å². The highest BCUT2D eigenvalue weighted by atomic mass is 32.2. The highest BCUT2D eigenvalue weighted by Gasteiger charge is 2.18. The lowest BCUT2D eigenvalue weighted by molar-refractivity contribution is 0.580. The van der Waals surface area contributed by atoms with Gasteiger partial charge >= 0.3 is 0 Å². The average Bonchev–Trinajstić information content (AvgIpc) is 3.07. The molecule has 0 amide bonds. The molecule has 0 spiro atoms. The summed E-state index contributed by atoms with van der Waals surface area (Å²) in [6.45, 7) is 1.20. The van der Waals surface area contributed by atoms with Crippen molar-refractivity contribution in [3.8, 4) is 0 Å². The van der Waals surface area contributed by atoms with E-state index in [1.807, 2.05) is 23.9 Å². The first kappa shape index (κ1) is 14.1. The molecule has 1 aliphatic rings. The maximum Gasteiger partial charge on any atom is 0.240 e. The molecule has 3 rings (SSSR count). The molecule has 1 aromatic heterocycles. The number of hydrogen-bond acceptors (Lipinski definition) is 4. The van der Waals surface area contributed by atoms with Crippen LogP contribution in [0.2, 0.25) is 0 Å². The van der Waals surface area contributed by atoms with Crippen molar-refractivity contribution in [1.82, 2.24) is 14.3 Å². The number of aryl methyl sites for hydroxylation is 1. The van der Waals surface area contributed by atoms with E-state index in [2.05, 4.69) is 15.0 Å². The largest absolute Gasteiger partial charge is 0.384 e. The summed E-state index contributed by atoms with van der Waals surface area (Å²) >= 11 is 0. The zero-order valence-corrected chi connectivity index (χ0v) is 12.7. The third-order valence-corrected chi connectivity index (χ3v) is 5.12. The summed E-state index contributed by atoms with van der Waals surface area (Å²) in [6.07, 6.45) is 5.06. The van der Waals surface area contributed by atoms with E-state index in [0.29, 0.717) is 17.9 Å². The molecule has 21 heavy (non-hydrogen) atoms. The minimum atomic E-state index is -3.47. The molecule has 1 aromatic carbocycles. The second-order valence-electron chi connectivity index (χ2n) is 5.10. The third-order valence-electron chi connectivity index (χ3n) is 3.66. The second-order valence-corrected chi connectivity index (χ2v) is 6.86. The Balaban J connectivity index is 1.68. The molecule has 0 fully saturated rings. The van der Waals surface area contributed by atoms with Crippen molar-refractivity contribution in [2.24, 2.45) is 7.05 Å². The highest BCUT2D eigenvalue weighted by molar-refractivity contribution is 7.89. The van der Waals surface area contributed by atoms with Crippen LogP contribution in [0.1, 0.15) is 11.4 Å². The molecule has 1 aliphatic heterocycles. The lowest BCUT2D eigenvalue weighted by Gasteiger charge is -2.08. The Kier molecular flexibility index (Phi) is 3.69. The van der Waals surface area contributed by atoms with E-state index in [0.717, 1.165) is 24.5 Å². The predicted octanol–water partition coefficient (Wildman–Crippen LogP) is 0.909. The topological polar surface area (TPSA) is 76.0 Å². The third kappa shape index (κ3) is 2.93. The minimum absolute atomic E-state index is 0.301. The van der Waals surface area contributed by atoms with Gasteiger partial charge in [-0.1, -0.05) is 6.07 Å². The number of sulfonamides is 1. The molecule has 0 atom stereocenters. The maximum absolute atomic E-state index is 12.3. The van der Waals surface area contributed by atoms with Crippen LogP contribution in [0.25, 0.3) is 0 Å². The normalized spacial score (nSPS) is 14.0. The summed E-state index contributed by atoms with van der Waals surface area (Å²) in [5.41, 5.74) is 2.09. The van der Waals surface area contributed by atoms with Gasteiger partial charge in [0.2, 0.25) is 10.0 Å². The first-order valence-electron chi connectivity index (χ1n) is 6.89. The number of anilines is 1. The van der Waals surface area contributed by atoms with Crippen LogP contribution in [-0.2, 0) is 29.9 Å². The van der Waals surface area contributed by atoms with E-state index in [-0.39, 0.29) is 0 Å². The summed E-state index contributed by atoms with van der Waals surface area (Å²) in [5.74, 6) is 0.855. The molecule has 0 saturated heterocycles. The molecule has 2 N–H and O–H groups in total. The van der Waals surface area contributed by atoms with Gasteiger partial charge in [-0.3, -0.25) is 0 Å². The fourth-order valence-corrected chi connectivity index (χ4v) is 3.51. The van der Waals surface area contributed by atoms with Gasteiger partial charge in [0.25, 0.3) is 0 Å². The maximum atomic E-state index is 12.3. The number of fused-ring (bicyclic) bond motifs is 1. The molecular weight excluding hydrogens is 288 g/mol. The molecular formula is C14H18N4O2S. The molecule has 0 bridgehead atoms. The van der Waals surface area contributed by atoms with E-state index >= 15 is 0 Å². The Labute approximate surface area is 124 Å². The van der Waals surface area contributed by atoms with Gasteiger partial charge in [-0.05, 0) is 24.1 Å². The summed E-state index contributed by atoms with van der Waals surface area (Å²) < 4.78 is 29.1. The van der Waals surface area contributed by atoms with Gasteiger partial charge in [0.1, 0.15) is 5.82 Å². The number of imidazole rings is 1. The number of hydrogen-bond donors (Lipinski definition) is 2. The summed E-state index contributed by atoms with van der Waals surface area (Å²) in [7, 11) is -1.58. The molecule has 2 heterocycles. The highest BCUT2D eigenvalue weighted by Crippen LogP contribution is 2.25. The number of benzene rings is 1. The van der Waals surface area contributed by atoms with Crippen molar-refractivity contribution in [2.75, 3.05) is 18.4 Å². The van der Waals surface area contributed by atoms with Gasteiger partial charge in [0.05, 0.1) is 4.90 Å². The number of nitrogens with zero attached hydrogens (tertiary/aromatic N) is 2.